The number of hydrogen-bond donors (Lipinski definition) is 3. The summed E-state index contributed by atoms with van der Waals surface area (Å²) in [6, 6.07) is 15.0. The van der Waals surface area contributed by atoms with Crippen LogP contribution in [-0.4, -0.2) is 14.8 Å². The van der Waals surface area contributed by atoms with E-state index in [1.807, 2.05) is 48.5 Å². The van der Waals surface area contributed by atoms with E-state index >= 15 is 0 Å². The number of aromatic hydroxyl groups is 1. The monoisotopic (exact) mass is 359 g/mol. The van der Waals surface area contributed by atoms with Crippen LogP contribution < -0.4 is 11.3 Å². The number of nitrogens with zero attached hydrogens (tertiary/aromatic N) is 3. The average molecular weight is 360 g/mol. The number of azo groups is 1. The molecule has 6 nitrogen and oxygen atoms in total. The highest BCUT2D eigenvalue weighted by Crippen LogP contribution is 2.39. The number of rotatable bonds is 3. The third-order valence-corrected chi connectivity index (χ3v) is 4.14. The Hall–Kier alpha value is -2.48. The zero-order valence-corrected chi connectivity index (χ0v) is 14.1. The Bertz CT molecular complexity index is 937. The molecule has 0 saturated carbocycles. The van der Waals surface area contributed by atoms with Crippen molar-refractivity contribution in [3.05, 3.63) is 59.1 Å². The van der Waals surface area contributed by atoms with Gasteiger partial charge in [0.25, 0.3) is 0 Å². The van der Waals surface area contributed by atoms with E-state index in [9.17, 15) is 5.11 Å². The number of thiocarbonyl (C=S) groups is 1. The molecule has 4 N–H and O–H groups in total. The van der Waals surface area contributed by atoms with Crippen LogP contribution in [0.4, 0.5) is 5.69 Å². The number of aromatic nitrogens is 1. The van der Waals surface area contributed by atoms with E-state index in [0.29, 0.717) is 17.3 Å². The molecule has 1 heterocycles. The maximum absolute atomic E-state index is 10.6. The normalized spacial score (nSPS) is 11.2. The number of para-hydroxylation sites is 1. The summed E-state index contributed by atoms with van der Waals surface area (Å²) in [5, 5.41) is 19.8. The number of halogens is 1. The first kappa shape index (κ1) is 16.4. The van der Waals surface area contributed by atoms with Crippen LogP contribution in [0, 0.1) is 0 Å². The lowest BCUT2D eigenvalue weighted by Gasteiger charge is -2.08. The second kappa shape index (κ2) is 6.96. The average Bonchev–Trinajstić information content (AvgIpc) is 2.86. The molecule has 0 bridgehead atoms. The SMILES string of the molecule is NNC(=S)N=Nc1c(O)n(Cc2ccccc2Cl)c2ccccc12. The number of nitrogens with two attached hydrogens (primary N) is 1. The first-order valence-corrected chi connectivity index (χ1v) is 7.86. The molecular weight excluding hydrogens is 346 g/mol. The van der Waals surface area contributed by atoms with E-state index in [4.69, 9.17) is 29.7 Å². The van der Waals surface area contributed by atoms with E-state index in [0.717, 1.165) is 16.5 Å². The van der Waals surface area contributed by atoms with Crippen molar-refractivity contribution in [3.63, 3.8) is 0 Å². The first-order valence-electron chi connectivity index (χ1n) is 7.07. The van der Waals surface area contributed by atoms with Gasteiger partial charge in [0.15, 0.2) is 5.69 Å². The van der Waals surface area contributed by atoms with Crippen LogP contribution in [0.15, 0.2) is 58.8 Å². The fourth-order valence-corrected chi connectivity index (χ4v) is 2.69. The highest BCUT2D eigenvalue weighted by Gasteiger charge is 2.17. The molecule has 0 aliphatic rings. The summed E-state index contributed by atoms with van der Waals surface area (Å²) < 4.78 is 1.73. The fraction of sp³-hybridized carbons (Fsp3) is 0.0625. The lowest BCUT2D eigenvalue weighted by Crippen LogP contribution is -2.26. The van der Waals surface area contributed by atoms with E-state index < -0.39 is 0 Å². The van der Waals surface area contributed by atoms with E-state index in [1.54, 1.807) is 4.57 Å². The van der Waals surface area contributed by atoms with Crippen LogP contribution in [0.3, 0.4) is 0 Å². The van der Waals surface area contributed by atoms with Crippen LogP contribution in [0.1, 0.15) is 5.56 Å². The Labute approximate surface area is 148 Å². The summed E-state index contributed by atoms with van der Waals surface area (Å²) in [6.07, 6.45) is 0. The number of nitrogens with one attached hydrogen (secondary N) is 1. The quantitative estimate of drug-likeness (QED) is 0.286. The minimum Gasteiger partial charge on any atom is -0.493 e. The summed E-state index contributed by atoms with van der Waals surface area (Å²) in [4.78, 5) is 0. The third kappa shape index (κ3) is 3.09. The maximum Gasteiger partial charge on any atom is 0.227 e. The number of hydrazine groups is 1. The minimum absolute atomic E-state index is 0.0142. The van der Waals surface area contributed by atoms with Gasteiger partial charge in [0.2, 0.25) is 11.0 Å². The molecule has 3 aromatic rings. The second-order valence-electron chi connectivity index (χ2n) is 5.02. The van der Waals surface area contributed by atoms with Crippen molar-refractivity contribution in [1.82, 2.24) is 9.99 Å². The smallest absolute Gasteiger partial charge is 0.227 e. The van der Waals surface area contributed by atoms with Crippen LogP contribution in [0.25, 0.3) is 10.9 Å². The maximum atomic E-state index is 10.6. The van der Waals surface area contributed by atoms with Crippen LogP contribution in [0.2, 0.25) is 5.02 Å². The molecule has 0 aliphatic heterocycles. The molecule has 0 amide bonds. The molecular formula is C16H14ClN5OS. The molecule has 122 valence electrons. The van der Waals surface area contributed by atoms with Crippen molar-refractivity contribution in [3.8, 4) is 5.88 Å². The molecule has 0 fully saturated rings. The molecule has 0 spiro atoms. The van der Waals surface area contributed by atoms with Gasteiger partial charge in [-0.1, -0.05) is 48.0 Å². The molecule has 3 rings (SSSR count). The van der Waals surface area contributed by atoms with Crippen molar-refractivity contribution in [2.45, 2.75) is 6.54 Å². The molecule has 0 aliphatic carbocycles. The summed E-state index contributed by atoms with van der Waals surface area (Å²) in [7, 11) is 0. The van der Waals surface area contributed by atoms with Crippen molar-refractivity contribution < 1.29 is 5.11 Å². The highest BCUT2D eigenvalue weighted by molar-refractivity contribution is 7.80. The van der Waals surface area contributed by atoms with Gasteiger partial charge >= 0.3 is 0 Å². The van der Waals surface area contributed by atoms with Gasteiger partial charge in [0, 0.05) is 10.4 Å². The highest BCUT2D eigenvalue weighted by atomic mass is 35.5. The van der Waals surface area contributed by atoms with Crippen molar-refractivity contribution in [2.75, 3.05) is 0 Å². The van der Waals surface area contributed by atoms with Gasteiger partial charge in [-0.15, -0.1) is 10.2 Å². The molecule has 0 saturated heterocycles. The van der Waals surface area contributed by atoms with E-state index in [-0.39, 0.29) is 11.0 Å². The van der Waals surface area contributed by atoms with Gasteiger partial charge < -0.3 is 9.67 Å². The summed E-state index contributed by atoms with van der Waals surface area (Å²) in [6.45, 7) is 0.404. The van der Waals surface area contributed by atoms with Crippen LogP contribution >= 0.6 is 23.8 Å². The van der Waals surface area contributed by atoms with E-state index in [2.05, 4.69) is 15.7 Å². The first-order chi connectivity index (χ1) is 11.6. The molecule has 0 radical (unpaired) electrons. The van der Waals surface area contributed by atoms with Gasteiger partial charge in [-0.25, -0.2) is 5.84 Å². The molecule has 0 unspecified atom stereocenters. The number of benzene rings is 2. The van der Waals surface area contributed by atoms with Crippen LogP contribution in [0.5, 0.6) is 5.88 Å². The Morgan fingerprint density at radius 2 is 1.92 bits per heavy atom. The lowest BCUT2D eigenvalue weighted by molar-refractivity contribution is 0.429. The topological polar surface area (TPSA) is 87.9 Å². The van der Waals surface area contributed by atoms with Gasteiger partial charge in [0.05, 0.1) is 12.1 Å². The number of hydrogen-bond acceptors (Lipinski definition) is 4. The van der Waals surface area contributed by atoms with Gasteiger partial charge in [-0.3, -0.25) is 5.43 Å². The largest absolute Gasteiger partial charge is 0.493 e. The van der Waals surface area contributed by atoms with Crippen LogP contribution in [-0.2, 0) is 6.54 Å². The van der Waals surface area contributed by atoms with Crippen molar-refractivity contribution in [1.29, 1.82) is 0 Å². The molecule has 8 heteroatoms. The predicted molar refractivity (Wildman–Crippen MR) is 98.6 cm³/mol. The van der Waals surface area contributed by atoms with Gasteiger partial charge in [-0.2, -0.15) is 0 Å². The predicted octanol–water partition coefficient (Wildman–Crippen LogP) is 3.88. The lowest BCUT2D eigenvalue weighted by atomic mass is 10.2. The van der Waals surface area contributed by atoms with Crippen molar-refractivity contribution in [2.24, 2.45) is 16.1 Å². The Kier molecular flexibility index (Phi) is 4.75. The standard InChI is InChI=1S/C16H14ClN5OS/c17-12-7-3-1-5-10(12)9-22-13-8-4-2-6-11(13)14(15(22)23)20-21-16(24)19-18/h1-8,23H,9,18H2,(H,19,24). The summed E-state index contributed by atoms with van der Waals surface area (Å²) in [5.41, 5.74) is 4.25. The zero-order valence-electron chi connectivity index (χ0n) is 12.5. The number of fused-ring (bicyclic) bond motifs is 1. The molecule has 1 aromatic heterocycles. The van der Waals surface area contributed by atoms with Crippen molar-refractivity contribution >= 4 is 45.5 Å². The second-order valence-corrected chi connectivity index (χ2v) is 5.81. The Morgan fingerprint density at radius 1 is 1.21 bits per heavy atom. The fourth-order valence-electron chi connectivity index (χ4n) is 2.45. The summed E-state index contributed by atoms with van der Waals surface area (Å²) >= 11 is 11.1. The van der Waals surface area contributed by atoms with Gasteiger partial charge in [0.1, 0.15) is 0 Å². The minimum atomic E-state index is -0.0142. The van der Waals surface area contributed by atoms with E-state index in [1.165, 1.54) is 0 Å². The Balaban J connectivity index is 2.12. The molecule has 0 atom stereocenters. The van der Waals surface area contributed by atoms with Gasteiger partial charge in [-0.05, 0) is 29.9 Å². The molecule has 2 aromatic carbocycles. The Morgan fingerprint density at radius 3 is 2.67 bits per heavy atom. The third-order valence-electron chi connectivity index (χ3n) is 3.57. The zero-order chi connectivity index (χ0) is 17.1. The molecule has 24 heavy (non-hydrogen) atoms. The summed E-state index contributed by atoms with van der Waals surface area (Å²) in [5.74, 6) is 5.17.